The number of carbonyl (C=O) groups is 1. The van der Waals surface area contributed by atoms with Gasteiger partial charge in [-0.2, -0.15) is 5.10 Å². The van der Waals surface area contributed by atoms with Gasteiger partial charge in [0.05, 0.1) is 0 Å². The molecule has 1 aliphatic heterocycles. The Kier molecular flexibility index (Phi) is 4.81. The van der Waals surface area contributed by atoms with E-state index in [4.69, 9.17) is 0 Å². The largest absolute Gasteiger partial charge is 0.351 e. The molecular weight excluding hydrogens is 276 g/mol. The Balaban J connectivity index is 1.68. The van der Waals surface area contributed by atoms with E-state index in [2.05, 4.69) is 22.7 Å². The fourth-order valence-corrected chi connectivity index (χ4v) is 3.96. The average molecular weight is 304 g/mol. The molecule has 5 nitrogen and oxygen atoms in total. The SMILES string of the molecule is CCC1CCC(NC(=O)C2(n3cccn3)CCNCC2)CC1. The van der Waals surface area contributed by atoms with Crippen molar-refractivity contribution in [3.63, 3.8) is 0 Å². The van der Waals surface area contributed by atoms with Gasteiger partial charge in [-0.3, -0.25) is 9.48 Å². The van der Waals surface area contributed by atoms with Crippen LogP contribution in [0.25, 0.3) is 0 Å². The van der Waals surface area contributed by atoms with E-state index in [0.29, 0.717) is 6.04 Å². The number of carbonyl (C=O) groups excluding carboxylic acids is 1. The first-order valence-electron chi connectivity index (χ1n) is 8.76. The monoisotopic (exact) mass is 304 g/mol. The topological polar surface area (TPSA) is 59.0 Å². The highest BCUT2D eigenvalue weighted by Gasteiger charge is 2.42. The lowest BCUT2D eigenvalue weighted by atomic mass is 9.83. The minimum atomic E-state index is -0.504. The number of hydrogen-bond donors (Lipinski definition) is 2. The zero-order chi connectivity index (χ0) is 15.4. The Morgan fingerprint density at radius 3 is 2.64 bits per heavy atom. The van der Waals surface area contributed by atoms with E-state index in [9.17, 15) is 4.79 Å². The third-order valence-corrected chi connectivity index (χ3v) is 5.56. The second-order valence-corrected chi connectivity index (χ2v) is 6.83. The van der Waals surface area contributed by atoms with Crippen LogP contribution in [0.3, 0.4) is 0 Å². The highest BCUT2D eigenvalue weighted by molar-refractivity contribution is 5.84. The maximum atomic E-state index is 13.0. The summed E-state index contributed by atoms with van der Waals surface area (Å²) in [6, 6.07) is 2.25. The average Bonchev–Trinajstić information content (AvgIpc) is 3.11. The second kappa shape index (κ2) is 6.82. The standard InChI is InChI=1S/C17H28N4O/c1-2-14-4-6-15(7-5-14)20-16(22)17(8-11-18-12-9-17)21-13-3-10-19-21/h3,10,13-15,18H,2,4-9,11-12H2,1H3,(H,20,22). The van der Waals surface area contributed by atoms with Gasteiger partial charge in [0.1, 0.15) is 5.54 Å². The van der Waals surface area contributed by atoms with E-state index in [1.165, 1.54) is 19.3 Å². The molecule has 0 spiro atoms. The Labute approximate surface area is 132 Å². The molecule has 22 heavy (non-hydrogen) atoms. The van der Waals surface area contributed by atoms with E-state index < -0.39 is 5.54 Å². The van der Waals surface area contributed by atoms with Crippen LogP contribution in [0.15, 0.2) is 18.5 Å². The first-order valence-corrected chi connectivity index (χ1v) is 8.76. The van der Waals surface area contributed by atoms with Gasteiger partial charge in [-0.25, -0.2) is 0 Å². The molecule has 3 rings (SSSR count). The molecule has 122 valence electrons. The zero-order valence-corrected chi connectivity index (χ0v) is 13.6. The molecule has 2 fully saturated rings. The highest BCUT2D eigenvalue weighted by atomic mass is 16.2. The minimum absolute atomic E-state index is 0.164. The van der Waals surface area contributed by atoms with Crippen LogP contribution in [0.2, 0.25) is 0 Å². The summed E-state index contributed by atoms with van der Waals surface area (Å²) in [6.07, 6.45) is 11.3. The van der Waals surface area contributed by atoms with Crippen molar-refractivity contribution in [1.82, 2.24) is 20.4 Å². The van der Waals surface area contributed by atoms with Crippen molar-refractivity contribution >= 4 is 5.91 Å². The van der Waals surface area contributed by atoms with Crippen molar-refractivity contribution in [2.24, 2.45) is 5.92 Å². The fourth-order valence-electron chi connectivity index (χ4n) is 3.96. The van der Waals surface area contributed by atoms with Crippen LogP contribution >= 0.6 is 0 Å². The molecule has 1 saturated heterocycles. The number of amides is 1. The Bertz CT molecular complexity index is 471. The first kappa shape index (κ1) is 15.5. The molecule has 1 saturated carbocycles. The molecule has 0 aromatic carbocycles. The second-order valence-electron chi connectivity index (χ2n) is 6.83. The van der Waals surface area contributed by atoms with Gasteiger partial charge in [0.2, 0.25) is 5.91 Å². The number of hydrogen-bond acceptors (Lipinski definition) is 3. The van der Waals surface area contributed by atoms with Gasteiger partial charge in [-0.1, -0.05) is 13.3 Å². The van der Waals surface area contributed by atoms with Crippen LogP contribution in [-0.2, 0) is 10.3 Å². The normalized spacial score (nSPS) is 28.2. The molecule has 0 unspecified atom stereocenters. The van der Waals surface area contributed by atoms with Gasteiger partial charge >= 0.3 is 0 Å². The number of aromatic nitrogens is 2. The number of piperidine rings is 1. The lowest BCUT2D eigenvalue weighted by Gasteiger charge is -2.38. The third kappa shape index (κ3) is 3.05. The maximum Gasteiger partial charge on any atom is 0.248 e. The molecular formula is C17H28N4O. The number of nitrogens with one attached hydrogen (secondary N) is 2. The van der Waals surface area contributed by atoms with Crippen LogP contribution in [0.4, 0.5) is 0 Å². The van der Waals surface area contributed by atoms with Crippen LogP contribution < -0.4 is 10.6 Å². The molecule has 1 aliphatic carbocycles. The lowest BCUT2D eigenvalue weighted by Crippen LogP contribution is -2.56. The summed E-state index contributed by atoms with van der Waals surface area (Å²) in [5.74, 6) is 1.02. The zero-order valence-electron chi connectivity index (χ0n) is 13.6. The molecule has 0 atom stereocenters. The smallest absolute Gasteiger partial charge is 0.248 e. The van der Waals surface area contributed by atoms with Crippen LogP contribution in [0, 0.1) is 5.92 Å². The summed E-state index contributed by atoms with van der Waals surface area (Å²) in [4.78, 5) is 13.0. The van der Waals surface area contributed by atoms with E-state index in [0.717, 1.165) is 44.7 Å². The molecule has 2 aliphatic rings. The molecule has 0 bridgehead atoms. The molecule has 5 heteroatoms. The van der Waals surface area contributed by atoms with Gasteiger partial charge in [0, 0.05) is 18.4 Å². The Morgan fingerprint density at radius 2 is 2.05 bits per heavy atom. The van der Waals surface area contributed by atoms with Crippen LogP contribution in [-0.4, -0.2) is 34.8 Å². The number of nitrogens with zero attached hydrogens (tertiary/aromatic N) is 2. The maximum absolute atomic E-state index is 13.0. The Hall–Kier alpha value is -1.36. The van der Waals surface area contributed by atoms with Crippen molar-refractivity contribution < 1.29 is 4.79 Å². The molecule has 2 N–H and O–H groups in total. The molecule has 1 aromatic rings. The van der Waals surface area contributed by atoms with Gasteiger partial charge in [0.25, 0.3) is 0 Å². The third-order valence-electron chi connectivity index (χ3n) is 5.56. The van der Waals surface area contributed by atoms with Crippen LogP contribution in [0.1, 0.15) is 51.9 Å². The van der Waals surface area contributed by atoms with Crippen molar-refractivity contribution in [2.45, 2.75) is 63.5 Å². The predicted molar refractivity (Wildman–Crippen MR) is 86.5 cm³/mol. The minimum Gasteiger partial charge on any atom is -0.351 e. The lowest BCUT2D eigenvalue weighted by molar-refractivity contribution is -0.133. The van der Waals surface area contributed by atoms with Crippen molar-refractivity contribution in [3.05, 3.63) is 18.5 Å². The van der Waals surface area contributed by atoms with Crippen molar-refractivity contribution in [3.8, 4) is 0 Å². The van der Waals surface area contributed by atoms with Crippen LogP contribution in [0.5, 0.6) is 0 Å². The predicted octanol–water partition coefficient (Wildman–Crippen LogP) is 2.05. The molecule has 0 radical (unpaired) electrons. The van der Waals surface area contributed by atoms with Gasteiger partial charge in [0.15, 0.2) is 0 Å². The molecule has 2 heterocycles. The summed E-state index contributed by atoms with van der Waals surface area (Å²) in [5, 5.41) is 11.1. The molecule has 1 amide bonds. The summed E-state index contributed by atoms with van der Waals surface area (Å²) in [7, 11) is 0. The molecule has 1 aromatic heterocycles. The van der Waals surface area contributed by atoms with Crippen molar-refractivity contribution in [1.29, 1.82) is 0 Å². The number of rotatable bonds is 4. The Morgan fingerprint density at radius 1 is 1.32 bits per heavy atom. The quantitative estimate of drug-likeness (QED) is 0.895. The van der Waals surface area contributed by atoms with Crippen molar-refractivity contribution in [2.75, 3.05) is 13.1 Å². The van der Waals surface area contributed by atoms with E-state index in [1.54, 1.807) is 6.20 Å². The fraction of sp³-hybridized carbons (Fsp3) is 0.765. The summed E-state index contributed by atoms with van der Waals surface area (Å²) in [5.41, 5.74) is -0.504. The van der Waals surface area contributed by atoms with Gasteiger partial charge in [-0.05, 0) is 63.6 Å². The highest BCUT2D eigenvalue weighted by Crippen LogP contribution is 2.30. The first-order chi connectivity index (χ1) is 10.7. The van der Waals surface area contributed by atoms with E-state index in [-0.39, 0.29) is 5.91 Å². The van der Waals surface area contributed by atoms with E-state index in [1.807, 2.05) is 16.9 Å². The summed E-state index contributed by atoms with van der Waals surface area (Å²) < 4.78 is 1.88. The van der Waals surface area contributed by atoms with E-state index >= 15 is 0 Å². The summed E-state index contributed by atoms with van der Waals surface area (Å²) >= 11 is 0. The van der Waals surface area contributed by atoms with Gasteiger partial charge < -0.3 is 10.6 Å². The summed E-state index contributed by atoms with van der Waals surface area (Å²) in [6.45, 7) is 4.01. The van der Waals surface area contributed by atoms with Gasteiger partial charge in [-0.15, -0.1) is 0 Å².